The highest BCUT2D eigenvalue weighted by Crippen LogP contribution is 2.17. The van der Waals surface area contributed by atoms with Crippen LogP contribution in [-0.4, -0.2) is 24.5 Å². The summed E-state index contributed by atoms with van der Waals surface area (Å²) in [6.45, 7) is 2.56. The largest absolute Gasteiger partial charge is 0.352 e. The predicted molar refractivity (Wildman–Crippen MR) is 75.9 cm³/mol. The quantitative estimate of drug-likeness (QED) is 0.829. The third-order valence-electron chi connectivity index (χ3n) is 3.42. The fraction of sp³-hybridized carbons (Fsp3) is 0.643. The molecule has 0 spiro atoms. The summed E-state index contributed by atoms with van der Waals surface area (Å²) in [4.78, 5) is 13.1. The Labute approximate surface area is 113 Å². The van der Waals surface area contributed by atoms with Gasteiger partial charge in [0.2, 0.25) is 5.91 Å². The second kappa shape index (κ2) is 6.90. The van der Waals surface area contributed by atoms with Gasteiger partial charge in [0.25, 0.3) is 0 Å². The van der Waals surface area contributed by atoms with E-state index < -0.39 is 0 Å². The molecule has 2 N–H and O–H groups in total. The van der Waals surface area contributed by atoms with Gasteiger partial charge in [0.1, 0.15) is 0 Å². The van der Waals surface area contributed by atoms with Crippen molar-refractivity contribution in [2.45, 2.75) is 51.1 Å². The van der Waals surface area contributed by atoms with Crippen LogP contribution in [0.1, 0.15) is 37.5 Å². The topological polar surface area (TPSA) is 41.1 Å². The first-order chi connectivity index (χ1) is 8.74. The van der Waals surface area contributed by atoms with Gasteiger partial charge in [0, 0.05) is 17.0 Å². The number of rotatable bonds is 6. The Balaban J connectivity index is 1.62. The lowest BCUT2D eigenvalue weighted by Crippen LogP contribution is -2.42. The van der Waals surface area contributed by atoms with E-state index in [-0.39, 0.29) is 5.91 Å². The monoisotopic (exact) mass is 266 g/mol. The average molecular weight is 266 g/mol. The van der Waals surface area contributed by atoms with Crippen molar-refractivity contribution in [1.82, 2.24) is 10.6 Å². The SMILES string of the molecule is CC(Cc1cccs1)NCC(=O)NC1CCCC1. The lowest BCUT2D eigenvalue weighted by Gasteiger charge is -2.15. The molecule has 1 aliphatic rings. The van der Waals surface area contributed by atoms with E-state index in [0.29, 0.717) is 18.6 Å². The highest BCUT2D eigenvalue weighted by atomic mass is 32.1. The Morgan fingerprint density at radius 3 is 2.94 bits per heavy atom. The van der Waals surface area contributed by atoms with E-state index in [1.165, 1.54) is 17.7 Å². The number of carbonyl (C=O) groups excluding carboxylic acids is 1. The van der Waals surface area contributed by atoms with Crippen LogP contribution in [0.3, 0.4) is 0 Å². The molecule has 1 atom stereocenters. The lowest BCUT2D eigenvalue weighted by molar-refractivity contribution is -0.121. The fourth-order valence-corrected chi connectivity index (χ4v) is 3.25. The van der Waals surface area contributed by atoms with Crippen LogP contribution in [0.5, 0.6) is 0 Å². The van der Waals surface area contributed by atoms with E-state index in [9.17, 15) is 4.79 Å². The van der Waals surface area contributed by atoms with Gasteiger partial charge in [0.15, 0.2) is 0 Å². The number of thiophene rings is 1. The Kier molecular flexibility index (Phi) is 5.20. The third-order valence-corrected chi connectivity index (χ3v) is 4.32. The van der Waals surface area contributed by atoms with Gasteiger partial charge in [-0.25, -0.2) is 0 Å². The molecule has 1 saturated carbocycles. The molecule has 0 aliphatic heterocycles. The van der Waals surface area contributed by atoms with E-state index >= 15 is 0 Å². The van der Waals surface area contributed by atoms with E-state index in [0.717, 1.165) is 19.3 Å². The molecule has 1 aliphatic carbocycles. The number of hydrogen-bond donors (Lipinski definition) is 2. The second-order valence-electron chi connectivity index (χ2n) is 5.11. The maximum atomic E-state index is 11.7. The van der Waals surface area contributed by atoms with Gasteiger partial charge >= 0.3 is 0 Å². The molecule has 2 rings (SSSR count). The van der Waals surface area contributed by atoms with Crippen LogP contribution in [0.4, 0.5) is 0 Å². The van der Waals surface area contributed by atoms with Gasteiger partial charge in [-0.3, -0.25) is 4.79 Å². The van der Waals surface area contributed by atoms with Crippen molar-refractivity contribution in [2.24, 2.45) is 0 Å². The first kappa shape index (κ1) is 13.6. The molecule has 1 aromatic heterocycles. The molecule has 18 heavy (non-hydrogen) atoms. The zero-order valence-electron chi connectivity index (χ0n) is 10.9. The first-order valence-electron chi connectivity index (χ1n) is 6.79. The third kappa shape index (κ3) is 4.42. The Morgan fingerprint density at radius 2 is 2.28 bits per heavy atom. The first-order valence-corrected chi connectivity index (χ1v) is 7.67. The fourth-order valence-electron chi connectivity index (χ4n) is 2.42. The van der Waals surface area contributed by atoms with Crippen molar-refractivity contribution in [3.8, 4) is 0 Å². The highest BCUT2D eigenvalue weighted by molar-refractivity contribution is 7.09. The Bertz CT molecular complexity index is 358. The molecular weight excluding hydrogens is 244 g/mol. The summed E-state index contributed by atoms with van der Waals surface area (Å²) in [5.41, 5.74) is 0. The van der Waals surface area contributed by atoms with Crippen LogP contribution in [0.25, 0.3) is 0 Å². The number of hydrogen-bond acceptors (Lipinski definition) is 3. The summed E-state index contributed by atoms with van der Waals surface area (Å²) in [6.07, 6.45) is 5.81. The van der Waals surface area contributed by atoms with E-state index in [1.807, 2.05) is 0 Å². The van der Waals surface area contributed by atoms with Crippen LogP contribution in [-0.2, 0) is 11.2 Å². The molecule has 1 aromatic rings. The Hall–Kier alpha value is -0.870. The van der Waals surface area contributed by atoms with E-state index in [2.05, 4.69) is 35.1 Å². The summed E-state index contributed by atoms with van der Waals surface area (Å²) in [7, 11) is 0. The molecule has 0 saturated heterocycles. The average Bonchev–Trinajstić information content (AvgIpc) is 2.99. The molecule has 1 unspecified atom stereocenters. The van der Waals surface area contributed by atoms with E-state index in [4.69, 9.17) is 0 Å². The summed E-state index contributed by atoms with van der Waals surface area (Å²) >= 11 is 1.77. The smallest absolute Gasteiger partial charge is 0.234 e. The second-order valence-corrected chi connectivity index (χ2v) is 6.15. The van der Waals surface area contributed by atoms with Crippen LogP contribution in [0, 0.1) is 0 Å². The van der Waals surface area contributed by atoms with Crippen LogP contribution in [0.15, 0.2) is 17.5 Å². The Morgan fingerprint density at radius 1 is 1.50 bits per heavy atom. The molecule has 1 heterocycles. The van der Waals surface area contributed by atoms with Gasteiger partial charge < -0.3 is 10.6 Å². The lowest BCUT2D eigenvalue weighted by atomic mass is 10.2. The number of carbonyl (C=O) groups is 1. The van der Waals surface area contributed by atoms with Crippen molar-refractivity contribution in [2.75, 3.05) is 6.54 Å². The minimum absolute atomic E-state index is 0.139. The summed E-state index contributed by atoms with van der Waals surface area (Å²) in [5.74, 6) is 0.139. The summed E-state index contributed by atoms with van der Waals surface area (Å²) in [5, 5.41) is 8.48. The van der Waals surface area contributed by atoms with Crippen molar-refractivity contribution < 1.29 is 4.79 Å². The molecule has 1 amide bonds. The molecule has 0 bridgehead atoms. The molecule has 3 nitrogen and oxygen atoms in total. The van der Waals surface area contributed by atoms with Gasteiger partial charge in [-0.2, -0.15) is 0 Å². The van der Waals surface area contributed by atoms with Crippen molar-refractivity contribution >= 4 is 17.2 Å². The number of nitrogens with one attached hydrogen (secondary N) is 2. The van der Waals surface area contributed by atoms with Gasteiger partial charge in [-0.15, -0.1) is 11.3 Å². The maximum absolute atomic E-state index is 11.7. The highest BCUT2D eigenvalue weighted by Gasteiger charge is 2.17. The van der Waals surface area contributed by atoms with Crippen LogP contribution >= 0.6 is 11.3 Å². The molecular formula is C14H22N2OS. The maximum Gasteiger partial charge on any atom is 0.234 e. The minimum Gasteiger partial charge on any atom is -0.352 e. The minimum atomic E-state index is 0.139. The van der Waals surface area contributed by atoms with Crippen molar-refractivity contribution in [3.63, 3.8) is 0 Å². The van der Waals surface area contributed by atoms with Crippen LogP contribution < -0.4 is 10.6 Å². The molecule has 4 heteroatoms. The van der Waals surface area contributed by atoms with Gasteiger partial charge in [-0.05, 0) is 37.6 Å². The molecule has 1 fully saturated rings. The molecule has 0 aromatic carbocycles. The zero-order chi connectivity index (χ0) is 12.8. The van der Waals surface area contributed by atoms with E-state index in [1.54, 1.807) is 11.3 Å². The molecule has 100 valence electrons. The van der Waals surface area contributed by atoms with Crippen molar-refractivity contribution in [3.05, 3.63) is 22.4 Å². The predicted octanol–water partition coefficient (Wildman–Crippen LogP) is 2.33. The summed E-state index contributed by atoms with van der Waals surface area (Å²) < 4.78 is 0. The van der Waals surface area contributed by atoms with Crippen LogP contribution in [0.2, 0.25) is 0 Å². The zero-order valence-corrected chi connectivity index (χ0v) is 11.8. The summed E-state index contributed by atoms with van der Waals surface area (Å²) in [6, 6.07) is 4.98. The molecule has 0 radical (unpaired) electrons. The normalized spacial score (nSPS) is 17.8. The standard InChI is InChI=1S/C14H22N2OS/c1-11(9-13-7-4-8-18-13)15-10-14(17)16-12-5-2-3-6-12/h4,7-8,11-12,15H,2-3,5-6,9-10H2,1H3,(H,16,17). The van der Waals surface area contributed by atoms with Gasteiger partial charge in [0.05, 0.1) is 6.54 Å². The van der Waals surface area contributed by atoms with Crippen molar-refractivity contribution in [1.29, 1.82) is 0 Å². The number of amides is 1. The van der Waals surface area contributed by atoms with Gasteiger partial charge in [-0.1, -0.05) is 18.9 Å².